The first-order chi connectivity index (χ1) is 10.6. The predicted octanol–water partition coefficient (Wildman–Crippen LogP) is 1.59. The first kappa shape index (κ1) is 17.6. The smallest absolute Gasteiger partial charge is 0.394 e. The van der Waals surface area contributed by atoms with Gasteiger partial charge < -0.3 is 15.3 Å². The number of nitrogens with one attached hydrogen (secondary N) is 1. The fourth-order valence-electron chi connectivity index (χ4n) is 2.45. The molecule has 0 saturated carbocycles. The van der Waals surface area contributed by atoms with Crippen LogP contribution in [0.4, 0.5) is 18.0 Å². The molecule has 2 heterocycles. The lowest BCUT2D eigenvalue weighted by Gasteiger charge is -2.18. The van der Waals surface area contributed by atoms with Crippen LogP contribution in [0.25, 0.3) is 0 Å². The molecular weight excluding hydrogens is 385 g/mol. The Hall–Kier alpha value is -1.78. The van der Waals surface area contributed by atoms with E-state index in [4.69, 9.17) is 5.11 Å². The second kappa shape index (κ2) is 6.38. The molecule has 1 aliphatic rings. The molecule has 0 spiro atoms. The Balaban J connectivity index is 2.00. The molecular formula is C12H14BrF3N4O3. The van der Waals surface area contributed by atoms with Crippen molar-refractivity contribution >= 4 is 27.9 Å². The van der Waals surface area contributed by atoms with Crippen molar-refractivity contribution in [2.24, 2.45) is 18.9 Å². The monoisotopic (exact) mass is 398 g/mol. The third kappa shape index (κ3) is 3.95. The number of amides is 2. The first-order valence-corrected chi connectivity index (χ1v) is 7.39. The molecule has 7 nitrogen and oxygen atoms in total. The third-order valence-electron chi connectivity index (χ3n) is 3.61. The van der Waals surface area contributed by atoms with Crippen LogP contribution in [0.1, 0.15) is 5.69 Å². The molecule has 0 aliphatic carbocycles. The summed E-state index contributed by atoms with van der Waals surface area (Å²) in [5.74, 6) is -5.27. The van der Waals surface area contributed by atoms with Gasteiger partial charge in [0.1, 0.15) is 0 Å². The van der Waals surface area contributed by atoms with Gasteiger partial charge in [-0.25, -0.2) is 4.79 Å². The van der Waals surface area contributed by atoms with Gasteiger partial charge in [0.25, 0.3) is 0 Å². The minimum Gasteiger partial charge on any atom is -0.481 e. The number of aryl methyl sites for hydroxylation is 1. The highest BCUT2D eigenvalue weighted by Gasteiger charge is 2.53. The number of alkyl halides is 3. The fraction of sp³-hybridized carbons (Fsp3) is 0.583. The number of carbonyl (C=O) groups excluding carboxylic acids is 1. The summed E-state index contributed by atoms with van der Waals surface area (Å²) in [6.07, 6.45) is -3.00. The molecule has 2 N–H and O–H groups in total. The van der Waals surface area contributed by atoms with E-state index in [1.807, 2.05) is 0 Å². The Morgan fingerprint density at radius 3 is 2.57 bits per heavy atom. The second-order valence-corrected chi connectivity index (χ2v) is 6.11. The van der Waals surface area contributed by atoms with Gasteiger partial charge in [-0.2, -0.15) is 18.3 Å². The summed E-state index contributed by atoms with van der Waals surface area (Å²) in [6, 6.07) is -0.749. The molecule has 2 atom stereocenters. The predicted molar refractivity (Wildman–Crippen MR) is 75.4 cm³/mol. The van der Waals surface area contributed by atoms with Crippen LogP contribution in [-0.2, 0) is 18.4 Å². The minimum absolute atomic E-state index is 0.0190. The largest absolute Gasteiger partial charge is 0.481 e. The molecule has 1 fully saturated rings. The van der Waals surface area contributed by atoms with Crippen molar-refractivity contribution in [3.8, 4) is 0 Å². The Morgan fingerprint density at radius 1 is 1.48 bits per heavy atom. The number of aliphatic carboxylic acids is 1. The number of nitrogens with zero attached hydrogens (tertiary/aromatic N) is 3. The second-order valence-electron chi connectivity index (χ2n) is 5.25. The van der Waals surface area contributed by atoms with Gasteiger partial charge in [-0.1, -0.05) is 0 Å². The van der Waals surface area contributed by atoms with Crippen LogP contribution >= 0.6 is 15.9 Å². The van der Waals surface area contributed by atoms with Crippen molar-refractivity contribution < 1.29 is 27.9 Å². The number of aromatic nitrogens is 2. The van der Waals surface area contributed by atoms with Crippen molar-refractivity contribution in [3.05, 3.63) is 16.4 Å². The Labute approximate surface area is 137 Å². The van der Waals surface area contributed by atoms with Gasteiger partial charge in [-0.15, -0.1) is 0 Å². The molecule has 11 heteroatoms. The first-order valence-electron chi connectivity index (χ1n) is 6.60. The quantitative estimate of drug-likeness (QED) is 0.809. The van der Waals surface area contributed by atoms with E-state index in [1.165, 1.54) is 4.68 Å². The van der Waals surface area contributed by atoms with E-state index < -0.39 is 43.1 Å². The van der Waals surface area contributed by atoms with E-state index in [2.05, 4.69) is 26.3 Å². The van der Waals surface area contributed by atoms with Gasteiger partial charge >= 0.3 is 18.2 Å². The van der Waals surface area contributed by atoms with Crippen LogP contribution < -0.4 is 5.32 Å². The lowest BCUT2D eigenvalue weighted by atomic mass is 9.96. The van der Waals surface area contributed by atoms with E-state index in [0.29, 0.717) is 10.2 Å². The standard InChI is InChI=1S/C12H14BrF3N4O3/c1-19-5-8(13)9(18-19)2-17-11(23)20-3-6(10(21)22)7(4-20)12(14,15)16/h5-7H,2-4H2,1H3,(H,17,23)(H,21,22)/t6-,7-/m1/s1. The summed E-state index contributed by atoms with van der Waals surface area (Å²) in [6.45, 7) is -1.13. The van der Waals surface area contributed by atoms with Gasteiger partial charge in [-0.05, 0) is 15.9 Å². The van der Waals surface area contributed by atoms with Crippen LogP contribution in [-0.4, -0.2) is 51.1 Å². The van der Waals surface area contributed by atoms with Crippen molar-refractivity contribution in [3.63, 3.8) is 0 Å². The molecule has 1 saturated heterocycles. The molecule has 0 radical (unpaired) electrons. The number of carbonyl (C=O) groups is 2. The molecule has 1 aromatic rings. The van der Waals surface area contributed by atoms with Crippen LogP contribution in [0.2, 0.25) is 0 Å². The SMILES string of the molecule is Cn1cc(Br)c(CNC(=O)N2C[C@@H](C(F)(F)F)[C@H](C(=O)O)C2)n1. The van der Waals surface area contributed by atoms with E-state index in [9.17, 15) is 22.8 Å². The zero-order chi connectivity index (χ0) is 17.4. The number of carboxylic acids is 1. The number of likely N-dealkylation sites (tertiary alicyclic amines) is 1. The van der Waals surface area contributed by atoms with Crippen LogP contribution in [0.5, 0.6) is 0 Å². The number of carboxylic acid groups (broad SMARTS) is 1. The molecule has 1 aliphatic heterocycles. The fourth-order valence-corrected chi connectivity index (χ4v) is 2.96. The molecule has 1 aromatic heterocycles. The number of hydrogen-bond acceptors (Lipinski definition) is 3. The highest BCUT2D eigenvalue weighted by Crippen LogP contribution is 2.37. The zero-order valence-electron chi connectivity index (χ0n) is 12.0. The Bertz CT molecular complexity index is 619. The van der Waals surface area contributed by atoms with Gasteiger partial charge in [0.05, 0.1) is 28.5 Å². The molecule has 128 valence electrons. The summed E-state index contributed by atoms with van der Waals surface area (Å²) in [7, 11) is 1.68. The van der Waals surface area contributed by atoms with E-state index >= 15 is 0 Å². The molecule has 23 heavy (non-hydrogen) atoms. The number of hydrogen-bond donors (Lipinski definition) is 2. The number of urea groups is 1. The van der Waals surface area contributed by atoms with Gasteiger partial charge in [0.15, 0.2) is 0 Å². The average molecular weight is 399 g/mol. The minimum atomic E-state index is -4.66. The molecule has 2 rings (SSSR count). The molecule has 0 aromatic carbocycles. The van der Waals surface area contributed by atoms with E-state index in [0.717, 1.165) is 4.90 Å². The molecule has 2 amide bonds. The maximum absolute atomic E-state index is 12.9. The average Bonchev–Trinajstić information content (AvgIpc) is 2.99. The highest BCUT2D eigenvalue weighted by atomic mass is 79.9. The van der Waals surface area contributed by atoms with Crippen molar-refractivity contribution in [1.82, 2.24) is 20.0 Å². The zero-order valence-corrected chi connectivity index (χ0v) is 13.6. The summed E-state index contributed by atoms with van der Waals surface area (Å²) in [4.78, 5) is 23.8. The van der Waals surface area contributed by atoms with Crippen LogP contribution in [0.3, 0.4) is 0 Å². The lowest BCUT2D eigenvalue weighted by molar-refractivity contribution is -0.187. The lowest BCUT2D eigenvalue weighted by Crippen LogP contribution is -2.39. The van der Waals surface area contributed by atoms with Crippen molar-refractivity contribution in [1.29, 1.82) is 0 Å². The number of rotatable bonds is 3. The van der Waals surface area contributed by atoms with Gasteiger partial charge in [0.2, 0.25) is 0 Å². The summed E-state index contributed by atoms with van der Waals surface area (Å²) >= 11 is 3.24. The van der Waals surface area contributed by atoms with Gasteiger partial charge in [0, 0.05) is 26.3 Å². The van der Waals surface area contributed by atoms with E-state index in [1.54, 1.807) is 13.2 Å². The van der Waals surface area contributed by atoms with Crippen LogP contribution in [0.15, 0.2) is 10.7 Å². The molecule has 0 unspecified atom stereocenters. The maximum atomic E-state index is 12.9. The van der Waals surface area contributed by atoms with Crippen LogP contribution in [0, 0.1) is 11.8 Å². The third-order valence-corrected chi connectivity index (χ3v) is 4.27. The summed E-state index contributed by atoms with van der Waals surface area (Å²) < 4.78 is 40.8. The van der Waals surface area contributed by atoms with Gasteiger partial charge in [-0.3, -0.25) is 9.48 Å². The summed E-state index contributed by atoms with van der Waals surface area (Å²) in [5, 5.41) is 15.4. The normalized spacial score (nSPS) is 21.5. The number of halogens is 4. The summed E-state index contributed by atoms with van der Waals surface area (Å²) in [5.41, 5.74) is 0.516. The Kier molecular flexibility index (Phi) is 4.87. The topological polar surface area (TPSA) is 87.5 Å². The van der Waals surface area contributed by atoms with Crippen molar-refractivity contribution in [2.45, 2.75) is 12.7 Å². The Morgan fingerprint density at radius 2 is 2.13 bits per heavy atom. The van der Waals surface area contributed by atoms with Crippen molar-refractivity contribution in [2.75, 3.05) is 13.1 Å². The van der Waals surface area contributed by atoms with E-state index in [-0.39, 0.29) is 6.54 Å². The maximum Gasteiger partial charge on any atom is 0.394 e. The molecule has 0 bridgehead atoms. The highest BCUT2D eigenvalue weighted by molar-refractivity contribution is 9.10.